The summed E-state index contributed by atoms with van der Waals surface area (Å²) in [6.07, 6.45) is -2.13. The van der Waals surface area contributed by atoms with Crippen molar-refractivity contribution in [2.45, 2.75) is 31.7 Å². The first-order chi connectivity index (χ1) is 15.9. The average Bonchev–Trinajstić information content (AvgIpc) is 3.04. The van der Waals surface area contributed by atoms with Crippen molar-refractivity contribution in [2.75, 3.05) is 5.32 Å². The van der Waals surface area contributed by atoms with Gasteiger partial charge in [-0.3, -0.25) is 19.1 Å². The lowest BCUT2D eigenvalue weighted by Gasteiger charge is -2.31. The van der Waals surface area contributed by atoms with Gasteiger partial charge in [0.1, 0.15) is 29.4 Å². The zero-order valence-corrected chi connectivity index (χ0v) is 18.6. The van der Waals surface area contributed by atoms with Crippen LogP contribution in [0.3, 0.4) is 0 Å². The summed E-state index contributed by atoms with van der Waals surface area (Å²) in [6.45, 7) is 3.80. The van der Waals surface area contributed by atoms with E-state index in [0.717, 1.165) is 10.8 Å². The van der Waals surface area contributed by atoms with Crippen molar-refractivity contribution in [3.63, 3.8) is 0 Å². The number of alkyl halides is 3. The molecule has 0 bridgehead atoms. The number of nitrogens with one attached hydrogen (secondary N) is 1. The minimum atomic E-state index is -4.59. The first kappa shape index (κ1) is 23.6. The van der Waals surface area contributed by atoms with Crippen molar-refractivity contribution in [3.05, 3.63) is 87.6 Å². The van der Waals surface area contributed by atoms with Crippen molar-refractivity contribution >= 4 is 28.8 Å². The lowest BCUT2D eigenvalue weighted by atomic mass is 9.90. The fourth-order valence-corrected chi connectivity index (χ4v) is 3.93. The second-order valence-electron chi connectivity index (χ2n) is 8.06. The lowest BCUT2D eigenvalue weighted by Crippen LogP contribution is -2.41. The number of hydrogen-bond donors (Lipinski definition) is 2. The Labute approximate surface area is 196 Å². The van der Waals surface area contributed by atoms with E-state index in [0.29, 0.717) is 26.7 Å². The van der Waals surface area contributed by atoms with E-state index >= 15 is 0 Å². The number of nitrogens with two attached hydrogens (primary N) is 1. The molecule has 1 aliphatic rings. The van der Waals surface area contributed by atoms with E-state index in [2.05, 4.69) is 21.9 Å². The van der Waals surface area contributed by atoms with Crippen molar-refractivity contribution in [1.29, 1.82) is 0 Å². The number of aliphatic imine (C=N–C) groups is 1. The summed E-state index contributed by atoms with van der Waals surface area (Å²) in [7, 11) is 0. The molecular weight excluding hydrogens is 476 g/mol. The molecule has 0 spiro atoms. The molecule has 178 valence electrons. The normalized spacial score (nSPS) is 17.8. The van der Waals surface area contributed by atoms with E-state index in [1.807, 2.05) is 0 Å². The zero-order valence-electron chi connectivity index (χ0n) is 17.8. The summed E-state index contributed by atoms with van der Waals surface area (Å²) in [6, 6.07) is 7.49. The highest BCUT2D eigenvalue weighted by Crippen LogP contribution is 2.35. The molecule has 12 heteroatoms. The van der Waals surface area contributed by atoms with Crippen molar-refractivity contribution in [2.24, 2.45) is 10.7 Å². The Morgan fingerprint density at radius 2 is 2.06 bits per heavy atom. The molecule has 0 saturated carbocycles. The maximum atomic E-state index is 14.9. The Hall–Kier alpha value is -3.60. The van der Waals surface area contributed by atoms with Gasteiger partial charge >= 0.3 is 11.9 Å². The van der Waals surface area contributed by atoms with Crippen molar-refractivity contribution in [1.82, 2.24) is 14.1 Å². The molecule has 0 radical (unpaired) electrons. The van der Waals surface area contributed by atoms with Gasteiger partial charge < -0.3 is 11.1 Å². The smallest absolute Gasteiger partial charge is 0.382 e. The number of amidine groups is 1. The monoisotopic (exact) mass is 494 g/mol. The number of hydrogen-bond acceptors (Lipinski definition) is 5. The molecule has 0 fully saturated rings. The van der Waals surface area contributed by atoms with Gasteiger partial charge in [-0.05, 0) is 37.3 Å². The Kier molecular flexibility index (Phi) is 5.76. The van der Waals surface area contributed by atoms with Gasteiger partial charge in [-0.1, -0.05) is 18.2 Å². The Bertz CT molecular complexity index is 1360. The molecule has 7 nitrogen and oxygen atoms in total. The molecule has 3 N–H and O–H groups in total. The van der Waals surface area contributed by atoms with Crippen LogP contribution in [0.15, 0.2) is 59.1 Å². The van der Waals surface area contributed by atoms with Crippen LogP contribution >= 0.6 is 11.6 Å². The number of fused-ring (bicyclic) bond motifs is 1. The lowest BCUT2D eigenvalue weighted by molar-refractivity contribution is -0.141. The number of pyridine rings is 1. The SMILES string of the molecule is C=C(Nc1ccc(F)c([C@]2(C)Cn3c(cn(CC(F)(F)F)c3=O)C(N)=N2)c1)c1ccc(Cl)cn1. The highest BCUT2D eigenvalue weighted by Gasteiger charge is 2.37. The van der Waals surface area contributed by atoms with Gasteiger partial charge in [0, 0.05) is 23.6 Å². The summed E-state index contributed by atoms with van der Waals surface area (Å²) < 4.78 is 55.0. The van der Waals surface area contributed by atoms with Crippen LogP contribution in [-0.2, 0) is 18.6 Å². The molecule has 1 aliphatic heterocycles. The summed E-state index contributed by atoms with van der Waals surface area (Å²) in [5.74, 6) is -0.787. The van der Waals surface area contributed by atoms with Crippen LogP contribution in [0.4, 0.5) is 23.2 Å². The predicted octanol–water partition coefficient (Wildman–Crippen LogP) is 4.12. The highest BCUT2D eigenvalue weighted by molar-refractivity contribution is 6.30. The van der Waals surface area contributed by atoms with Crippen LogP contribution in [0.25, 0.3) is 5.70 Å². The molecule has 1 aromatic carbocycles. The van der Waals surface area contributed by atoms with E-state index in [9.17, 15) is 22.4 Å². The summed E-state index contributed by atoms with van der Waals surface area (Å²) in [5, 5.41) is 3.49. The molecule has 2 aromatic heterocycles. The van der Waals surface area contributed by atoms with Crippen LogP contribution in [0, 0.1) is 5.82 Å². The molecule has 0 unspecified atom stereocenters. The molecular formula is C22H19ClF4N6O. The van der Waals surface area contributed by atoms with Crippen LogP contribution in [-0.4, -0.2) is 26.1 Å². The number of rotatable bonds is 5. The van der Waals surface area contributed by atoms with Gasteiger partial charge in [-0.25, -0.2) is 9.18 Å². The minimum Gasteiger partial charge on any atom is -0.382 e. The Morgan fingerprint density at radius 1 is 1.32 bits per heavy atom. The standard InChI is InChI=1S/C22H19ClF4N6O/c1-12(17-6-3-13(23)8-29-17)30-14-4-5-16(24)15(7-14)21(2)10-33-18(19(28)31-21)9-32(20(33)34)11-22(25,26)27/h3-9,30H,1,10-11H2,2H3,(H2,28,31)/t21-/m0/s1. The molecule has 0 amide bonds. The number of benzene rings is 1. The third kappa shape index (κ3) is 4.56. The topological polar surface area (TPSA) is 90.2 Å². The van der Waals surface area contributed by atoms with Crippen LogP contribution in [0.2, 0.25) is 5.02 Å². The van der Waals surface area contributed by atoms with Crippen LogP contribution in [0.5, 0.6) is 0 Å². The largest absolute Gasteiger partial charge is 0.406 e. The fraction of sp³-hybridized carbons (Fsp3) is 0.227. The molecule has 34 heavy (non-hydrogen) atoms. The van der Waals surface area contributed by atoms with Gasteiger partial charge in [0.2, 0.25) is 0 Å². The van der Waals surface area contributed by atoms with Gasteiger partial charge in [-0.2, -0.15) is 13.2 Å². The fourth-order valence-electron chi connectivity index (χ4n) is 3.81. The first-order valence-electron chi connectivity index (χ1n) is 9.96. The van der Waals surface area contributed by atoms with E-state index < -0.39 is 29.8 Å². The second-order valence-corrected chi connectivity index (χ2v) is 8.49. The number of imidazole rings is 1. The van der Waals surface area contributed by atoms with Crippen LogP contribution in [0.1, 0.15) is 23.9 Å². The number of anilines is 1. The summed E-state index contributed by atoms with van der Waals surface area (Å²) in [5.41, 5.74) is 5.27. The third-order valence-corrected chi connectivity index (χ3v) is 5.59. The molecule has 0 saturated heterocycles. The number of halogens is 5. The van der Waals surface area contributed by atoms with E-state index in [1.54, 1.807) is 19.1 Å². The van der Waals surface area contributed by atoms with Crippen LogP contribution < -0.4 is 16.7 Å². The molecule has 3 aromatic rings. The Balaban J connectivity index is 1.67. The maximum absolute atomic E-state index is 14.9. The van der Waals surface area contributed by atoms with Gasteiger partial charge in [0.15, 0.2) is 0 Å². The summed E-state index contributed by atoms with van der Waals surface area (Å²) >= 11 is 5.85. The zero-order chi connectivity index (χ0) is 24.8. The molecule has 1 atom stereocenters. The maximum Gasteiger partial charge on any atom is 0.406 e. The Morgan fingerprint density at radius 3 is 2.71 bits per heavy atom. The highest BCUT2D eigenvalue weighted by atomic mass is 35.5. The van der Waals surface area contributed by atoms with Gasteiger partial charge in [0.25, 0.3) is 0 Å². The molecule has 3 heterocycles. The van der Waals surface area contributed by atoms with Crippen molar-refractivity contribution < 1.29 is 17.6 Å². The number of nitrogens with zero attached hydrogens (tertiary/aromatic N) is 4. The number of aromatic nitrogens is 3. The van der Waals surface area contributed by atoms with Gasteiger partial charge in [0.05, 0.1) is 23.0 Å². The van der Waals surface area contributed by atoms with E-state index in [4.69, 9.17) is 17.3 Å². The second kappa shape index (κ2) is 8.32. The van der Waals surface area contributed by atoms with E-state index in [1.165, 1.54) is 24.4 Å². The first-order valence-corrected chi connectivity index (χ1v) is 10.3. The third-order valence-electron chi connectivity index (χ3n) is 5.37. The van der Waals surface area contributed by atoms with Crippen molar-refractivity contribution in [3.8, 4) is 0 Å². The van der Waals surface area contributed by atoms with Gasteiger partial charge in [-0.15, -0.1) is 0 Å². The molecule has 0 aliphatic carbocycles. The quantitative estimate of drug-likeness (QED) is 0.522. The minimum absolute atomic E-state index is 0.0450. The summed E-state index contributed by atoms with van der Waals surface area (Å²) in [4.78, 5) is 21.1. The predicted molar refractivity (Wildman–Crippen MR) is 121 cm³/mol. The van der Waals surface area contributed by atoms with E-state index in [-0.39, 0.29) is 23.6 Å². The molecule has 4 rings (SSSR count). The average molecular weight is 495 g/mol.